The van der Waals surface area contributed by atoms with Crippen molar-refractivity contribution in [2.75, 3.05) is 13.1 Å². The van der Waals surface area contributed by atoms with E-state index in [0.717, 1.165) is 25.1 Å². The smallest absolute Gasteiger partial charge is 0.220 e. The molecule has 0 radical (unpaired) electrons. The summed E-state index contributed by atoms with van der Waals surface area (Å²) in [4.78, 5) is 11.8. The Morgan fingerprint density at radius 2 is 2.44 bits per heavy atom. The maximum atomic E-state index is 13.1. The van der Waals surface area contributed by atoms with Crippen LogP contribution < -0.4 is 10.6 Å². The van der Waals surface area contributed by atoms with Gasteiger partial charge in [-0.2, -0.15) is 0 Å². The lowest BCUT2D eigenvalue weighted by molar-refractivity contribution is -0.122. The van der Waals surface area contributed by atoms with E-state index in [9.17, 15) is 9.18 Å². The minimum atomic E-state index is -0.250. The molecule has 0 saturated carbocycles. The van der Waals surface area contributed by atoms with Gasteiger partial charge in [0.2, 0.25) is 5.91 Å². The number of nitrogens with one attached hydrogen (secondary N) is 2. The van der Waals surface area contributed by atoms with Crippen LogP contribution in [0.5, 0.6) is 0 Å². The van der Waals surface area contributed by atoms with Gasteiger partial charge in [0.1, 0.15) is 5.82 Å². The summed E-state index contributed by atoms with van der Waals surface area (Å²) in [7, 11) is 0. The molecular formula is C14H19FN2O. The first-order valence-electron chi connectivity index (χ1n) is 6.40. The predicted octanol–water partition coefficient (Wildman–Crippen LogP) is 1.80. The molecule has 1 aliphatic heterocycles. The number of amides is 1. The van der Waals surface area contributed by atoms with Gasteiger partial charge in [0.15, 0.2) is 0 Å². The number of hydrogen-bond acceptors (Lipinski definition) is 2. The average Bonchev–Trinajstić information content (AvgIpc) is 2.81. The molecule has 0 aliphatic carbocycles. The van der Waals surface area contributed by atoms with Crippen LogP contribution in [0.2, 0.25) is 0 Å². The minimum absolute atomic E-state index is 0.0371. The van der Waals surface area contributed by atoms with Crippen molar-refractivity contribution in [1.82, 2.24) is 10.6 Å². The summed E-state index contributed by atoms with van der Waals surface area (Å²) in [6.07, 6.45) is 1.39. The fourth-order valence-corrected chi connectivity index (χ4v) is 2.27. The van der Waals surface area contributed by atoms with Gasteiger partial charge in [0, 0.05) is 19.0 Å². The van der Waals surface area contributed by atoms with Crippen LogP contribution in [0.25, 0.3) is 0 Å². The molecule has 3 nitrogen and oxygen atoms in total. The summed E-state index contributed by atoms with van der Waals surface area (Å²) in [6.45, 7) is 3.76. The highest BCUT2D eigenvalue weighted by Crippen LogP contribution is 2.19. The molecule has 2 atom stereocenters. The Labute approximate surface area is 107 Å². The van der Waals surface area contributed by atoms with E-state index in [-0.39, 0.29) is 23.7 Å². The second-order valence-corrected chi connectivity index (χ2v) is 4.92. The van der Waals surface area contributed by atoms with Gasteiger partial charge in [0.25, 0.3) is 0 Å². The van der Waals surface area contributed by atoms with Crippen LogP contribution in [-0.2, 0) is 4.79 Å². The van der Waals surface area contributed by atoms with Gasteiger partial charge in [-0.05, 0) is 36.6 Å². The standard InChI is InChI=1S/C14H19FN2O/c1-10(11-3-2-4-12(15)8-11)7-14(18)17-13-5-6-16-9-13/h2-4,8,10,13,16H,5-7,9H2,1H3,(H,17,18). The topological polar surface area (TPSA) is 41.1 Å². The van der Waals surface area contributed by atoms with Crippen LogP contribution >= 0.6 is 0 Å². The number of carbonyl (C=O) groups is 1. The Morgan fingerprint density at radius 1 is 1.61 bits per heavy atom. The number of benzene rings is 1. The second kappa shape index (κ2) is 5.96. The SMILES string of the molecule is CC(CC(=O)NC1CCNC1)c1cccc(F)c1. The molecule has 1 aromatic rings. The first-order chi connectivity index (χ1) is 8.65. The Balaban J connectivity index is 1.86. The van der Waals surface area contributed by atoms with E-state index in [0.29, 0.717) is 6.42 Å². The average molecular weight is 250 g/mol. The molecule has 1 amide bonds. The predicted molar refractivity (Wildman–Crippen MR) is 68.8 cm³/mol. The second-order valence-electron chi connectivity index (χ2n) is 4.92. The molecule has 0 spiro atoms. The first-order valence-corrected chi connectivity index (χ1v) is 6.40. The van der Waals surface area contributed by atoms with Gasteiger partial charge >= 0.3 is 0 Å². The molecule has 1 heterocycles. The molecule has 2 rings (SSSR count). The molecule has 1 aromatic carbocycles. The molecule has 0 bridgehead atoms. The maximum Gasteiger partial charge on any atom is 0.220 e. The summed E-state index contributed by atoms with van der Waals surface area (Å²) < 4.78 is 13.1. The highest BCUT2D eigenvalue weighted by Gasteiger charge is 2.18. The third-order valence-corrected chi connectivity index (χ3v) is 3.33. The Hall–Kier alpha value is -1.42. The fraction of sp³-hybridized carbons (Fsp3) is 0.500. The van der Waals surface area contributed by atoms with Crippen LogP contribution in [0.4, 0.5) is 4.39 Å². The molecule has 2 N–H and O–H groups in total. The molecule has 2 unspecified atom stereocenters. The quantitative estimate of drug-likeness (QED) is 0.855. The highest BCUT2D eigenvalue weighted by molar-refractivity contribution is 5.77. The molecule has 1 saturated heterocycles. The van der Waals surface area contributed by atoms with Gasteiger partial charge < -0.3 is 10.6 Å². The molecule has 18 heavy (non-hydrogen) atoms. The molecule has 1 aliphatic rings. The van der Waals surface area contributed by atoms with Crippen molar-refractivity contribution in [3.05, 3.63) is 35.6 Å². The highest BCUT2D eigenvalue weighted by atomic mass is 19.1. The van der Waals surface area contributed by atoms with Crippen LogP contribution in [0.1, 0.15) is 31.2 Å². The number of carbonyl (C=O) groups excluding carboxylic acids is 1. The monoisotopic (exact) mass is 250 g/mol. The van der Waals surface area contributed by atoms with E-state index in [4.69, 9.17) is 0 Å². The van der Waals surface area contributed by atoms with Crippen molar-refractivity contribution in [2.24, 2.45) is 0 Å². The number of halogens is 1. The van der Waals surface area contributed by atoms with Gasteiger partial charge in [0.05, 0.1) is 0 Å². The zero-order valence-corrected chi connectivity index (χ0v) is 10.6. The van der Waals surface area contributed by atoms with Gasteiger partial charge in [-0.3, -0.25) is 4.79 Å². The molecule has 4 heteroatoms. The summed E-state index contributed by atoms with van der Waals surface area (Å²) in [6, 6.07) is 6.70. The lowest BCUT2D eigenvalue weighted by Gasteiger charge is -2.15. The number of rotatable bonds is 4. The van der Waals surface area contributed by atoms with E-state index >= 15 is 0 Å². The normalized spacial score (nSPS) is 20.7. The third-order valence-electron chi connectivity index (χ3n) is 3.33. The van der Waals surface area contributed by atoms with E-state index in [2.05, 4.69) is 10.6 Å². The van der Waals surface area contributed by atoms with Crippen molar-refractivity contribution in [3.63, 3.8) is 0 Å². The maximum absolute atomic E-state index is 13.1. The van der Waals surface area contributed by atoms with E-state index in [1.165, 1.54) is 12.1 Å². The molecule has 98 valence electrons. The zero-order chi connectivity index (χ0) is 13.0. The number of hydrogen-bond donors (Lipinski definition) is 2. The van der Waals surface area contributed by atoms with E-state index in [1.807, 2.05) is 13.0 Å². The largest absolute Gasteiger partial charge is 0.352 e. The lowest BCUT2D eigenvalue weighted by Crippen LogP contribution is -2.36. The van der Waals surface area contributed by atoms with Crippen molar-refractivity contribution < 1.29 is 9.18 Å². The van der Waals surface area contributed by atoms with E-state index < -0.39 is 0 Å². The molecular weight excluding hydrogens is 231 g/mol. The van der Waals surface area contributed by atoms with Crippen molar-refractivity contribution >= 4 is 5.91 Å². The van der Waals surface area contributed by atoms with Gasteiger partial charge in [-0.1, -0.05) is 19.1 Å². The van der Waals surface area contributed by atoms with Crippen LogP contribution in [0.3, 0.4) is 0 Å². The Kier molecular flexibility index (Phi) is 4.31. The first kappa shape index (κ1) is 13.0. The van der Waals surface area contributed by atoms with Crippen molar-refractivity contribution in [3.8, 4) is 0 Å². The fourth-order valence-electron chi connectivity index (χ4n) is 2.27. The zero-order valence-electron chi connectivity index (χ0n) is 10.6. The third kappa shape index (κ3) is 3.53. The Morgan fingerprint density at radius 3 is 3.11 bits per heavy atom. The summed E-state index contributed by atoms with van der Waals surface area (Å²) >= 11 is 0. The van der Waals surface area contributed by atoms with Crippen LogP contribution in [0, 0.1) is 5.82 Å². The Bertz CT molecular complexity index is 416. The van der Waals surface area contributed by atoms with Crippen molar-refractivity contribution in [1.29, 1.82) is 0 Å². The summed E-state index contributed by atoms with van der Waals surface area (Å²) in [5.74, 6) is -0.171. The van der Waals surface area contributed by atoms with E-state index in [1.54, 1.807) is 6.07 Å². The lowest BCUT2D eigenvalue weighted by atomic mass is 9.97. The van der Waals surface area contributed by atoms with Gasteiger partial charge in [-0.25, -0.2) is 4.39 Å². The van der Waals surface area contributed by atoms with Crippen molar-refractivity contribution in [2.45, 2.75) is 31.7 Å². The molecule has 1 fully saturated rings. The van der Waals surface area contributed by atoms with Gasteiger partial charge in [-0.15, -0.1) is 0 Å². The minimum Gasteiger partial charge on any atom is -0.352 e. The molecule has 0 aromatic heterocycles. The summed E-state index contributed by atoms with van der Waals surface area (Å²) in [5, 5.41) is 6.20. The summed E-state index contributed by atoms with van der Waals surface area (Å²) in [5.41, 5.74) is 0.870. The van der Waals surface area contributed by atoms with Crippen LogP contribution in [-0.4, -0.2) is 25.0 Å². The van der Waals surface area contributed by atoms with Crippen LogP contribution in [0.15, 0.2) is 24.3 Å².